The average molecular weight is 218 g/mol. The molecule has 3 heteroatoms. The van der Waals surface area contributed by atoms with Gasteiger partial charge in [0, 0.05) is 29.6 Å². The fraction of sp³-hybridized carbons (Fsp3) is 0.538. The third-order valence-corrected chi connectivity index (χ3v) is 3.02. The van der Waals surface area contributed by atoms with Crippen molar-refractivity contribution in [3.63, 3.8) is 0 Å². The Morgan fingerprint density at radius 1 is 1.44 bits per heavy atom. The molecule has 0 unspecified atom stereocenters. The summed E-state index contributed by atoms with van der Waals surface area (Å²) in [6.45, 7) is 5.21. The third-order valence-electron chi connectivity index (χ3n) is 3.02. The lowest BCUT2D eigenvalue weighted by molar-refractivity contribution is 0.394. The summed E-state index contributed by atoms with van der Waals surface area (Å²) in [6, 6.07) is 2.11. The van der Waals surface area contributed by atoms with Gasteiger partial charge in [-0.2, -0.15) is 0 Å². The molecule has 3 nitrogen and oxygen atoms in total. The monoisotopic (exact) mass is 218 g/mol. The van der Waals surface area contributed by atoms with E-state index in [0.29, 0.717) is 5.88 Å². The second kappa shape index (κ2) is 4.64. The molecule has 0 aromatic carbocycles. The first kappa shape index (κ1) is 11.1. The number of aromatic nitrogens is 1. The smallest absolute Gasteiger partial charge is 0.215 e. The van der Waals surface area contributed by atoms with E-state index >= 15 is 0 Å². The molecule has 0 bridgehead atoms. The molecular formula is C13H18N2O. The number of hydrogen-bond acceptors (Lipinski definition) is 3. The van der Waals surface area contributed by atoms with Gasteiger partial charge in [-0.25, -0.2) is 4.98 Å². The third kappa shape index (κ3) is 2.23. The zero-order chi connectivity index (χ0) is 11.5. The number of nitrogens with zero attached hydrogens (tertiary/aromatic N) is 2. The van der Waals surface area contributed by atoms with Crippen LogP contribution in [0.5, 0.6) is 5.88 Å². The number of pyridine rings is 1. The Morgan fingerprint density at radius 2 is 2.25 bits per heavy atom. The van der Waals surface area contributed by atoms with Gasteiger partial charge in [-0.1, -0.05) is 6.92 Å². The van der Waals surface area contributed by atoms with Gasteiger partial charge in [0.1, 0.15) is 0 Å². The molecule has 1 aromatic heterocycles. The Kier molecular flexibility index (Phi) is 3.22. The first-order valence-corrected chi connectivity index (χ1v) is 5.75. The summed E-state index contributed by atoms with van der Waals surface area (Å²) in [5.74, 6) is 1.42. The van der Waals surface area contributed by atoms with Crippen molar-refractivity contribution in [3.8, 4) is 5.88 Å². The Hall–Kier alpha value is -1.38. The zero-order valence-corrected chi connectivity index (χ0v) is 10.2. The predicted molar refractivity (Wildman–Crippen MR) is 65.3 cm³/mol. The quantitative estimate of drug-likeness (QED) is 0.764. The molecule has 16 heavy (non-hydrogen) atoms. The van der Waals surface area contributed by atoms with Crippen LogP contribution in [-0.4, -0.2) is 24.4 Å². The highest BCUT2D eigenvalue weighted by molar-refractivity contribution is 6.00. The lowest BCUT2D eigenvalue weighted by Gasteiger charge is -2.17. The van der Waals surface area contributed by atoms with E-state index in [-0.39, 0.29) is 0 Å². The summed E-state index contributed by atoms with van der Waals surface area (Å²) in [4.78, 5) is 8.90. The van der Waals surface area contributed by atoms with E-state index in [2.05, 4.69) is 23.0 Å². The van der Waals surface area contributed by atoms with Gasteiger partial charge in [-0.3, -0.25) is 4.99 Å². The van der Waals surface area contributed by atoms with Gasteiger partial charge in [-0.15, -0.1) is 0 Å². The van der Waals surface area contributed by atoms with Crippen LogP contribution in [0.2, 0.25) is 0 Å². The first-order valence-electron chi connectivity index (χ1n) is 5.75. The number of methoxy groups -OCH3 is 1. The number of aliphatic imine (C=N–C) groups is 1. The fourth-order valence-electron chi connectivity index (χ4n) is 1.99. The van der Waals surface area contributed by atoms with E-state index < -0.39 is 0 Å². The molecule has 0 amide bonds. The van der Waals surface area contributed by atoms with Crippen molar-refractivity contribution < 1.29 is 4.74 Å². The van der Waals surface area contributed by atoms with E-state index in [1.54, 1.807) is 7.11 Å². The average Bonchev–Trinajstić information content (AvgIpc) is 2.30. The SMILES string of the molecule is COc1ncc(C2=NC[C@@H](C)CC2)cc1C. The van der Waals surface area contributed by atoms with Crippen molar-refractivity contribution in [2.75, 3.05) is 13.7 Å². The van der Waals surface area contributed by atoms with E-state index in [0.717, 1.165) is 30.0 Å². The standard InChI is InChI=1S/C13H18N2O/c1-9-4-5-12(14-7-9)11-6-10(2)13(16-3)15-8-11/h6,8-9H,4-5,7H2,1-3H3/t9-/m0/s1. The maximum Gasteiger partial charge on any atom is 0.215 e. The molecule has 0 saturated carbocycles. The molecule has 2 heterocycles. The zero-order valence-electron chi connectivity index (χ0n) is 10.2. The van der Waals surface area contributed by atoms with Crippen molar-refractivity contribution in [2.45, 2.75) is 26.7 Å². The molecule has 0 spiro atoms. The topological polar surface area (TPSA) is 34.5 Å². The van der Waals surface area contributed by atoms with Crippen LogP contribution in [-0.2, 0) is 0 Å². The predicted octanol–water partition coefficient (Wildman–Crippen LogP) is 2.62. The van der Waals surface area contributed by atoms with Gasteiger partial charge in [0.2, 0.25) is 5.88 Å². The molecule has 1 aliphatic heterocycles. The molecule has 1 atom stereocenters. The molecule has 0 fully saturated rings. The number of aryl methyl sites for hydroxylation is 1. The minimum absolute atomic E-state index is 0.702. The van der Waals surface area contributed by atoms with Gasteiger partial charge in [0.05, 0.1) is 7.11 Å². The molecule has 0 aliphatic carbocycles. The van der Waals surface area contributed by atoms with Crippen molar-refractivity contribution >= 4 is 5.71 Å². The molecule has 0 radical (unpaired) electrons. The van der Waals surface area contributed by atoms with Crippen LogP contribution in [0.3, 0.4) is 0 Å². The number of ether oxygens (including phenoxy) is 1. The van der Waals surface area contributed by atoms with Crippen LogP contribution in [0.15, 0.2) is 17.3 Å². The Labute approximate surface area is 96.6 Å². The minimum Gasteiger partial charge on any atom is -0.481 e. The summed E-state index contributed by atoms with van der Waals surface area (Å²) in [5, 5.41) is 0. The van der Waals surface area contributed by atoms with E-state index in [9.17, 15) is 0 Å². The molecular weight excluding hydrogens is 200 g/mol. The van der Waals surface area contributed by atoms with E-state index in [4.69, 9.17) is 4.74 Å². The molecule has 0 N–H and O–H groups in total. The molecule has 86 valence electrons. The van der Waals surface area contributed by atoms with Gasteiger partial charge in [0.15, 0.2) is 0 Å². The summed E-state index contributed by atoms with van der Waals surface area (Å²) in [7, 11) is 1.65. The van der Waals surface area contributed by atoms with Crippen LogP contribution in [0.4, 0.5) is 0 Å². The van der Waals surface area contributed by atoms with E-state index in [1.807, 2.05) is 13.1 Å². The van der Waals surface area contributed by atoms with Crippen LogP contribution in [0, 0.1) is 12.8 Å². The molecule has 1 aliphatic rings. The number of hydrogen-bond donors (Lipinski definition) is 0. The van der Waals surface area contributed by atoms with Crippen LogP contribution >= 0.6 is 0 Å². The van der Waals surface area contributed by atoms with Crippen molar-refractivity contribution in [2.24, 2.45) is 10.9 Å². The van der Waals surface area contributed by atoms with E-state index in [1.165, 1.54) is 12.1 Å². The second-order valence-corrected chi connectivity index (χ2v) is 4.48. The maximum atomic E-state index is 5.15. The van der Waals surface area contributed by atoms with Crippen LogP contribution in [0.1, 0.15) is 30.9 Å². The van der Waals surface area contributed by atoms with Gasteiger partial charge in [0.25, 0.3) is 0 Å². The second-order valence-electron chi connectivity index (χ2n) is 4.48. The number of rotatable bonds is 2. The van der Waals surface area contributed by atoms with Crippen molar-refractivity contribution in [3.05, 3.63) is 23.4 Å². The fourth-order valence-corrected chi connectivity index (χ4v) is 1.99. The Morgan fingerprint density at radius 3 is 2.81 bits per heavy atom. The van der Waals surface area contributed by atoms with Gasteiger partial charge in [-0.05, 0) is 31.7 Å². The maximum absolute atomic E-state index is 5.15. The van der Waals surface area contributed by atoms with Crippen LogP contribution in [0.25, 0.3) is 0 Å². The summed E-state index contributed by atoms with van der Waals surface area (Å²) < 4.78 is 5.15. The Balaban J connectivity index is 2.25. The van der Waals surface area contributed by atoms with Gasteiger partial charge < -0.3 is 4.74 Å². The summed E-state index contributed by atoms with van der Waals surface area (Å²) in [6.07, 6.45) is 4.15. The normalized spacial score (nSPS) is 20.4. The minimum atomic E-state index is 0.702. The van der Waals surface area contributed by atoms with Crippen molar-refractivity contribution in [1.29, 1.82) is 0 Å². The molecule has 0 saturated heterocycles. The molecule has 1 aromatic rings. The lowest BCUT2D eigenvalue weighted by atomic mass is 9.96. The highest BCUT2D eigenvalue weighted by Crippen LogP contribution is 2.20. The highest BCUT2D eigenvalue weighted by atomic mass is 16.5. The highest BCUT2D eigenvalue weighted by Gasteiger charge is 2.14. The van der Waals surface area contributed by atoms with Gasteiger partial charge >= 0.3 is 0 Å². The summed E-state index contributed by atoms with van der Waals surface area (Å²) in [5.41, 5.74) is 3.41. The van der Waals surface area contributed by atoms with Crippen LogP contribution < -0.4 is 4.74 Å². The van der Waals surface area contributed by atoms with Crippen molar-refractivity contribution in [1.82, 2.24) is 4.98 Å². The molecule has 2 rings (SSSR count). The first-order chi connectivity index (χ1) is 7.70. The lowest BCUT2D eigenvalue weighted by Crippen LogP contribution is -2.14. The summed E-state index contributed by atoms with van der Waals surface area (Å²) >= 11 is 0. The largest absolute Gasteiger partial charge is 0.481 e. The Bertz CT molecular complexity index is 412.